The van der Waals surface area contributed by atoms with Crippen LogP contribution in [0.1, 0.15) is 56.8 Å². The number of aliphatic hydroxyl groups excluding tert-OH is 1. The normalized spacial score (nSPS) is 41.3. The highest BCUT2D eigenvalue weighted by Crippen LogP contribution is 2.70. The van der Waals surface area contributed by atoms with Crippen LogP contribution in [-0.4, -0.2) is 60.1 Å². The first kappa shape index (κ1) is 28.3. The van der Waals surface area contributed by atoms with Gasteiger partial charge in [0.05, 0.1) is 11.7 Å². The average Bonchev–Trinajstić information content (AvgIpc) is 3.43. The fourth-order valence-corrected chi connectivity index (χ4v) is 9.61. The molecule has 5 rings (SSSR count). The second-order valence-electron chi connectivity index (χ2n) is 11.9. The number of rotatable bonds is 5. The van der Waals surface area contributed by atoms with Crippen molar-refractivity contribution in [1.82, 2.24) is 0 Å². The number of allylic oxidation sites excluding steroid dienone is 4. The second kappa shape index (κ2) is 8.87. The molecule has 0 bridgehead atoms. The highest BCUT2D eigenvalue weighted by atomic mass is 32.2. The standard InChI is InChI=1S/C27H32FNO8S2/c1-14-8-19-18-5-4-16-10-17(30)6-7-24(16,2)26(18,28)20(31)11-25(19,3)27(14,34)21(32)12-37-23(33)15-9-22(38-13-15)39(29,35)36/h6-7,9-10,13-14,18-20,31,34H,4-5,8,11-12H2,1-3H3,(H2,29,35,36)/t14-,18+,19+,20+,24+,25+,26+,27+/m1/s1. The van der Waals surface area contributed by atoms with Gasteiger partial charge in [-0.3, -0.25) is 9.59 Å². The van der Waals surface area contributed by atoms with Gasteiger partial charge in [-0.1, -0.05) is 25.5 Å². The summed E-state index contributed by atoms with van der Waals surface area (Å²) < 4.78 is 45.1. The number of ketones is 2. The van der Waals surface area contributed by atoms with E-state index in [0.29, 0.717) is 24.8 Å². The Balaban J connectivity index is 1.41. The molecule has 39 heavy (non-hydrogen) atoms. The number of aliphatic hydroxyl groups is 2. The molecule has 0 unspecified atom stereocenters. The van der Waals surface area contributed by atoms with Crippen LogP contribution in [0, 0.1) is 28.6 Å². The summed E-state index contributed by atoms with van der Waals surface area (Å²) in [5, 5.41) is 29.7. The summed E-state index contributed by atoms with van der Waals surface area (Å²) in [5.41, 5.74) is -5.95. The van der Waals surface area contributed by atoms with E-state index in [0.717, 1.165) is 17.4 Å². The molecule has 4 N–H and O–H groups in total. The van der Waals surface area contributed by atoms with Gasteiger partial charge in [-0.2, -0.15) is 0 Å². The number of hydrogen-bond donors (Lipinski definition) is 3. The Bertz CT molecular complexity index is 1430. The predicted octanol–water partition coefficient (Wildman–Crippen LogP) is 2.47. The summed E-state index contributed by atoms with van der Waals surface area (Å²) >= 11 is 0.737. The minimum atomic E-state index is -4.01. The van der Waals surface area contributed by atoms with E-state index < -0.39 is 74.3 Å². The predicted molar refractivity (Wildman–Crippen MR) is 139 cm³/mol. The van der Waals surface area contributed by atoms with Gasteiger partial charge in [0.15, 0.2) is 18.1 Å². The number of carbonyl (C=O) groups excluding carboxylic acids is 3. The van der Waals surface area contributed by atoms with Crippen LogP contribution in [-0.2, 0) is 24.3 Å². The Labute approximate surface area is 230 Å². The third kappa shape index (κ3) is 3.78. The first-order valence-corrected chi connectivity index (χ1v) is 15.3. The third-order valence-corrected chi connectivity index (χ3v) is 12.5. The number of Topliss-reactive ketones (excluding diaryl/α,β-unsaturated/α-hetero) is 1. The summed E-state index contributed by atoms with van der Waals surface area (Å²) in [6.45, 7) is 4.30. The molecule has 1 aromatic heterocycles. The van der Waals surface area contributed by atoms with Crippen molar-refractivity contribution >= 4 is 38.9 Å². The van der Waals surface area contributed by atoms with Crippen molar-refractivity contribution in [3.05, 3.63) is 40.8 Å². The maximum absolute atomic E-state index is 17.2. The van der Waals surface area contributed by atoms with Gasteiger partial charge in [-0.05, 0) is 62.7 Å². The van der Waals surface area contributed by atoms with Gasteiger partial charge >= 0.3 is 5.97 Å². The van der Waals surface area contributed by atoms with E-state index in [4.69, 9.17) is 9.88 Å². The molecule has 0 saturated heterocycles. The topological polar surface area (TPSA) is 161 Å². The zero-order chi connectivity index (χ0) is 28.8. The molecule has 8 atom stereocenters. The molecule has 0 radical (unpaired) electrons. The Morgan fingerprint density at radius 1 is 1.28 bits per heavy atom. The molecule has 0 aromatic carbocycles. The molecule has 12 heteroatoms. The van der Waals surface area contributed by atoms with Crippen molar-refractivity contribution in [2.24, 2.45) is 33.7 Å². The van der Waals surface area contributed by atoms with Crippen molar-refractivity contribution in [3.8, 4) is 0 Å². The van der Waals surface area contributed by atoms with Gasteiger partial charge in [-0.25, -0.2) is 22.7 Å². The fraction of sp³-hybridized carbons (Fsp3) is 0.593. The molecular formula is C27H32FNO8S2. The molecule has 1 aromatic rings. The van der Waals surface area contributed by atoms with Gasteiger partial charge in [0.25, 0.3) is 0 Å². The molecule has 0 amide bonds. The van der Waals surface area contributed by atoms with Crippen molar-refractivity contribution in [2.75, 3.05) is 6.61 Å². The summed E-state index contributed by atoms with van der Waals surface area (Å²) in [6.07, 6.45) is 3.75. The Kier molecular flexibility index (Phi) is 6.44. The van der Waals surface area contributed by atoms with E-state index in [1.807, 2.05) is 0 Å². The number of thiophene rings is 1. The van der Waals surface area contributed by atoms with Crippen LogP contribution in [0.5, 0.6) is 0 Å². The van der Waals surface area contributed by atoms with Gasteiger partial charge in [0, 0.05) is 22.1 Å². The van der Waals surface area contributed by atoms with E-state index in [9.17, 15) is 33.0 Å². The smallest absolute Gasteiger partial charge is 0.339 e. The van der Waals surface area contributed by atoms with E-state index in [1.165, 1.54) is 17.5 Å². The number of alkyl halides is 1. The van der Waals surface area contributed by atoms with Gasteiger partial charge in [-0.15, -0.1) is 11.3 Å². The van der Waals surface area contributed by atoms with Crippen molar-refractivity contribution in [1.29, 1.82) is 0 Å². The van der Waals surface area contributed by atoms with Crippen LogP contribution in [0.3, 0.4) is 0 Å². The molecule has 4 aliphatic carbocycles. The molecule has 1 heterocycles. The minimum Gasteiger partial charge on any atom is -0.454 e. The molecule has 0 spiro atoms. The lowest BCUT2D eigenvalue weighted by molar-refractivity contribution is -0.219. The molecule has 3 fully saturated rings. The van der Waals surface area contributed by atoms with Gasteiger partial charge in [0.1, 0.15) is 9.81 Å². The SMILES string of the molecule is C[C@@H]1C[C@H]2[C@@H]3CCC4=CC(=O)C=C[C@]4(C)[C@@]3(F)[C@@H](O)C[C@]2(C)[C@@]1(O)C(=O)COC(=O)c1csc(S(N)(=O)=O)c1. The summed E-state index contributed by atoms with van der Waals surface area (Å²) in [5.74, 6) is -3.68. The lowest BCUT2D eigenvalue weighted by Gasteiger charge is -2.62. The van der Waals surface area contributed by atoms with E-state index in [1.54, 1.807) is 26.8 Å². The third-order valence-electron chi connectivity index (χ3n) is 10.1. The number of carbonyl (C=O) groups is 3. The molecular weight excluding hydrogens is 549 g/mol. The van der Waals surface area contributed by atoms with Crippen LogP contribution >= 0.6 is 11.3 Å². The van der Waals surface area contributed by atoms with Crippen molar-refractivity contribution in [3.63, 3.8) is 0 Å². The number of fused-ring (bicyclic) bond motifs is 5. The fourth-order valence-electron chi connectivity index (χ4n) is 8.04. The summed E-state index contributed by atoms with van der Waals surface area (Å²) in [6, 6.07) is 1.05. The maximum atomic E-state index is 17.2. The number of halogens is 1. The van der Waals surface area contributed by atoms with Crippen LogP contribution in [0.15, 0.2) is 39.5 Å². The number of ether oxygens (including phenoxy) is 1. The maximum Gasteiger partial charge on any atom is 0.339 e. The zero-order valence-corrected chi connectivity index (χ0v) is 23.5. The van der Waals surface area contributed by atoms with Crippen LogP contribution in [0.4, 0.5) is 4.39 Å². The Hall–Kier alpha value is -2.25. The zero-order valence-electron chi connectivity index (χ0n) is 21.8. The molecule has 4 aliphatic rings. The average molecular weight is 582 g/mol. The number of primary sulfonamides is 1. The lowest BCUT2D eigenvalue weighted by Crippen LogP contribution is -2.69. The quantitative estimate of drug-likeness (QED) is 0.447. The van der Waals surface area contributed by atoms with Gasteiger partial charge < -0.3 is 14.9 Å². The van der Waals surface area contributed by atoms with Crippen molar-refractivity contribution < 1.29 is 42.1 Å². The van der Waals surface area contributed by atoms with Crippen molar-refractivity contribution in [2.45, 2.75) is 68.0 Å². The lowest BCUT2D eigenvalue weighted by atomic mass is 9.44. The van der Waals surface area contributed by atoms with Gasteiger partial charge in [0.2, 0.25) is 15.8 Å². The van der Waals surface area contributed by atoms with E-state index in [-0.39, 0.29) is 22.0 Å². The molecule has 0 aliphatic heterocycles. The van der Waals surface area contributed by atoms with E-state index >= 15 is 4.39 Å². The Morgan fingerprint density at radius 3 is 2.62 bits per heavy atom. The van der Waals surface area contributed by atoms with Crippen LogP contribution in [0.2, 0.25) is 0 Å². The monoisotopic (exact) mass is 581 g/mol. The minimum absolute atomic E-state index is 0.0963. The largest absolute Gasteiger partial charge is 0.454 e. The summed E-state index contributed by atoms with van der Waals surface area (Å²) in [7, 11) is -4.01. The molecule has 9 nitrogen and oxygen atoms in total. The summed E-state index contributed by atoms with van der Waals surface area (Å²) in [4.78, 5) is 38.1. The first-order chi connectivity index (χ1) is 18.0. The highest BCUT2D eigenvalue weighted by molar-refractivity contribution is 7.91. The number of sulfonamides is 1. The second-order valence-corrected chi connectivity index (χ2v) is 14.6. The number of esters is 1. The first-order valence-electron chi connectivity index (χ1n) is 12.9. The Morgan fingerprint density at radius 2 is 1.97 bits per heavy atom. The van der Waals surface area contributed by atoms with Crippen LogP contribution < -0.4 is 5.14 Å². The highest BCUT2D eigenvalue weighted by Gasteiger charge is 2.75. The number of nitrogens with two attached hydrogens (primary N) is 1. The van der Waals surface area contributed by atoms with E-state index in [2.05, 4.69) is 0 Å². The molecule has 3 saturated carbocycles. The molecule has 212 valence electrons. The van der Waals surface area contributed by atoms with Crippen LogP contribution in [0.25, 0.3) is 0 Å². The number of hydrogen-bond acceptors (Lipinski definition) is 9.